The van der Waals surface area contributed by atoms with E-state index in [0.29, 0.717) is 13.2 Å². The van der Waals surface area contributed by atoms with Crippen molar-refractivity contribution >= 4 is 11.6 Å². The number of carbonyl (C=O) groups excluding carboxylic acids is 1. The van der Waals surface area contributed by atoms with Gasteiger partial charge < -0.3 is 14.5 Å². The molecule has 0 bridgehead atoms. The van der Waals surface area contributed by atoms with Gasteiger partial charge in [0.1, 0.15) is 11.9 Å². The zero-order valence-corrected chi connectivity index (χ0v) is 12.1. The monoisotopic (exact) mass is 292 g/mol. The van der Waals surface area contributed by atoms with Gasteiger partial charge in [-0.1, -0.05) is 0 Å². The summed E-state index contributed by atoms with van der Waals surface area (Å²) in [6.07, 6.45) is 2.51. The first-order valence-electron chi connectivity index (χ1n) is 7.65. The summed E-state index contributed by atoms with van der Waals surface area (Å²) in [5.74, 6) is -0.0859. The molecule has 2 heterocycles. The lowest BCUT2D eigenvalue weighted by molar-refractivity contribution is -0.140. The van der Waals surface area contributed by atoms with E-state index < -0.39 is 0 Å². The molecule has 0 N–H and O–H groups in total. The van der Waals surface area contributed by atoms with Crippen LogP contribution in [0.25, 0.3) is 0 Å². The molecular weight excluding hydrogens is 271 g/mol. The number of anilines is 1. The number of hydrogen-bond donors (Lipinski definition) is 0. The third-order valence-corrected chi connectivity index (χ3v) is 4.20. The minimum absolute atomic E-state index is 0.133. The Morgan fingerprint density at radius 2 is 1.90 bits per heavy atom. The van der Waals surface area contributed by atoms with E-state index in [9.17, 15) is 9.18 Å². The molecule has 2 saturated heterocycles. The van der Waals surface area contributed by atoms with Gasteiger partial charge in [0.05, 0.1) is 0 Å². The zero-order chi connectivity index (χ0) is 14.7. The minimum Gasteiger partial charge on any atom is -0.370 e. The highest BCUT2D eigenvalue weighted by Gasteiger charge is 2.29. The van der Waals surface area contributed by atoms with Crippen LogP contribution in [0.15, 0.2) is 24.3 Å². The number of carbonyl (C=O) groups is 1. The zero-order valence-electron chi connectivity index (χ0n) is 12.1. The van der Waals surface area contributed by atoms with Crippen LogP contribution in [-0.2, 0) is 9.53 Å². The van der Waals surface area contributed by atoms with Crippen LogP contribution < -0.4 is 4.90 Å². The molecule has 3 rings (SSSR count). The Hall–Kier alpha value is -1.62. The van der Waals surface area contributed by atoms with Gasteiger partial charge in [-0.05, 0) is 43.5 Å². The first-order chi connectivity index (χ1) is 10.2. The van der Waals surface area contributed by atoms with Crippen molar-refractivity contribution in [3.05, 3.63) is 30.1 Å². The summed E-state index contributed by atoms with van der Waals surface area (Å²) in [6, 6.07) is 6.56. The fourth-order valence-electron chi connectivity index (χ4n) is 3.02. The van der Waals surface area contributed by atoms with Crippen molar-refractivity contribution < 1.29 is 13.9 Å². The van der Waals surface area contributed by atoms with Gasteiger partial charge in [-0.3, -0.25) is 4.79 Å². The van der Waals surface area contributed by atoms with E-state index in [0.717, 1.165) is 44.6 Å². The van der Waals surface area contributed by atoms with Gasteiger partial charge in [0.25, 0.3) is 5.91 Å². The topological polar surface area (TPSA) is 32.8 Å². The highest BCUT2D eigenvalue weighted by molar-refractivity contribution is 5.81. The molecule has 4 nitrogen and oxygen atoms in total. The molecule has 0 unspecified atom stereocenters. The summed E-state index contributed by atoms with van der Waals surface area (Å²) in [7, 11) is 0. The molecule has 0 spiro atoms. The number of rotatable bonds is 2. The summed E-state index contributed by atoms with van der Waals surface area (Å²) >= 11 is 0. The molecular formula is C16H21FN2O2. The lowest BCUT2D eigenvalue weighted by Crippen LogP contribution is -2.41. The van der Waals surface area contributed by atoms with Gasteiger partial charge in [-0.2, -0.15) is 0 Å². The van der Waals surface area contributed by atoms with E-state index in [1.165, 1.54) is 12.1 Å². The number of benzene rings is 1. The van der Waals surface area contributed by atoms with Crippen LogP contribution in [0.3, 0.4) is 0 Å². The second-order valence-corrected chi connectivity index (χ2v) is 5.64. The van der Waals surface area contributed by atoms with E-state index in [4.69, 9.17) is 4.74 Å². The molecule has 1 amide bonds. The Labute approximate surface area is 124 Å². The number of amides is 1. The van der Waals surface area contributed by atoms with Crippen molar-refractivity contribution in [2.45, 2.75) is 25.4 Å². The number of nitrogens with zero attached hydrogens (tertiary/aromatic N) is 2. The second-order valence-electron chi connectivity index (χ2n) is 5.64. The van der Waals surface area contributed by atoms with Gasteiger partial charge in [0, 0.05) is 38.5 Å². The summed E-state index contributed by atoms with van der Waals surface area (Å²) in [6.45, 7) is 3.85. The molecule has 1 aromatic carbocycles. The van der Waals surface area contributed by atoms with Crippen LogP contribution in [0, 0.1) is 5.82 Å². The largest absolute Gasteiger partial charge is 0.370 e. The quantitative estimate of drug-likeness (QED) is 0.836. The van der Waals surface area contributed by atoms with E-state index in [1.807, 2.05) is 4.90 Å². The van der Waals surface area contributed by atoms with Crippen molar-refractivity contribution in [3.63, 3.8) is 0 Å². The highest BCUT2D eigenvalue weighted by atomic mass is 19.1. The summed E-state index contributed by atoms with van der Waals surface area (Å²) < 4.78 is 18.5. The van der Waals surface area contributed by atoms with Crippen LogP contribution in [-0.4, -0.2) is 49.7 Å². The van der Waals surface area contributed by atoms with Gasteiger partial charge in [0.2, 0.25) is 0 Å². The van der Waals surface area contributed by atoms with Crippen molar-refractivity contribution in [1.82, 2.24) is 4.90 Å². The lowest BCUT2D eigenvalue weighted by atomic mass is 10.2. The molecule has 2 fully saturated rings. The Kier molecular flexibility index (Phi) is 4.39. The van der Waals surface area contributed by atoms with Crippen LogP contribution in [0.5, 0.6) is 0 Å². The minimum atomic E-state index is -0.234. The number of halogens is 1. The SMILES string of the molecule is O=C([C@H]1CCCO1)N1CCCN(c2ccc(F)cc2)CC1. The molecule has 5 heteroatoms. The molecule has 2 aliphatic heterocycles. The lowest BCUT2D eigenvalue weighted by Gasteiger charge is -2.25. The van der Waals surface area contributed by atoms with E-state index in [2.05, 4.69) is 4.90 Å². The maximum Gasteiger partial charge on any atom is 0.251 e. The molecule has 0 aliphatic carbocycles. The molecule has 0 aromatic heterocycles. The average molecular weight is 292 g/mol. The Morgan fingerprint density at radius 3 is 2.62 bits per heavy atom. The molecule has 1 aromatic rings. The van der Waals surface area contributed by atoms with Gasteiger partial charge in [-0.15, -0.1) is 0 Å². The van der Waals surface area contributed by atoms with Crippen molar-refractivity contribution in [3.8, 4) is 0 Å². The Morgan fingerprint density at radius 1 is 1.10 bits per heavy atom. The number of ether oxygens (including phenoxy) is 1. The molecule has 1 atom stereocenters. The molecule has 0 radical (unpaired) electrons. The predicted molar refractivity (Wildman–Crippen MR) is 78.8 cm³/mol. The first-order valence-corrected chi connectivity index (χ1v) is 7.65. The third kappa shape index (κ3) is 3.35. The van der Waals surface area contributed by atoms with Crippen LogP contribution in [0.2, 0.25) is 0 Å². The fourth-order valence-corrected chi connectivity index (χ4v) is 3.02. The average Bonchev–Trinajstić information content (AvgIpc) is 2.92. The number of hydrogen-bond acceptors (Lipinski definition) is 3. The molecule has 2 aliphatic rings. The summed E-state index contributed by atoms with van der Waals surface area (Å²) in [4.78, 5) is 16.5. The smallest absolute Gasteiger partial charge is 0.251 e. The highest BCUT2D eigenvalue weighted by Crippen LogP contribution is 2.19. The van der Waals surface area contributed by atoms with Gasteiger partial charge in [-0.25, -0.2) is 4.39 Å². The standard InChI is InChI=1S/C16H21FN2O2/c17-13-4-6-14(7-5-13)18-8-2-9-19(11-10-18)16(20)15-3-1-12-21-15/h4-7,15H,1-3,8-12H2/t15-/m1/s1. The predicted octanol–water partition coefficient (Wildman–Crippen LogP) is 2.04. The maximum absolute atomic E-state index is 13.0. The Balaban J connectivity index is 1.61. The van der Waals surface area contributed by atoms with Crippen molar-refractivity contribution in [2.24, 2.45) is 0 Å². The third-order valence-electron chi connectivity index (χ3n) is 4.20. The van der Waals surface area contributed by atoms with Gasteiger partial charge >= 0.3 is 0 Å². The second kappa shape index (κ2) is 6.43. The van der Waals surface area contributed by atoms with Crippen molar-refractivity contribution in [1.29, 1.82) is 0 Å². The molecule has 0 saturated carbocycles. The first kappa shape index (κ1) is 14.3. The van der Waals surface area contributed by atoms with E-state index in [-0.39, 0.29) is 17.8 Å². The van der Waals surface area contributed by atoms with Crippen molar-refractivity contribution in [2.75, 3.05) is 37.7 Å². The van der Waals surface area contributed by atoms with Crippen LogP contribution >= 0.6 is 0 Å². The van der Waals surface area contributed by atoms with Crippen LogP contribution in [0.4, 0.5) is 10.1 Å². The summed E-state index contributed by atoms with van der Waals surface area (Å²) in [5.41, 5.74) is 1.02. The fraction of sp³-hybridized carbons (Fsp3) is 0.562. The molecule has 21 heavy (non-hydrogen) atoms. The molecule has 114 valence electrons. The Bertz CT molecular complexity index is 486. The normalized spacial score (nSPS) is 23.2. The van der Waals surface area contributed by atoms with Crippen LogP contribution in [0.1, 0.15) is 19.3 Å². The summed E-state index contributed by atoms with van der Waals surface area (Å²) in [5, 5.41) is 0. The van der Waals surface area contributed by atoms with E-state index in [1.54, 1.807) is 12.1 Å². The maximum atomic E-state index is 13.0. The van der Waals surface area contributed by atoms with Gasteiger partial charge in [0.15, 0.2) is 0 Å². The van der Waals surface area contributed by atoms with E-state index >= 15 is 0 Å².